The highest BCUT2D eigenvalue weighted by Gasteiger charge is 2.43. The highest BCUT2D eigenvalue weighted by atomic mass is 16.5. The van der Waals surface area contributed by atoms with Crippen LogP contribution in [0, 0.1) is 30.6 Å². The van der Waals surface area contributed by atoms with E-state index in [0.717, 1.165) is 16.7 Å². The summed E-state index contributed by atoms with van der Waals surface area (Å²) in [7, 11) is 0. The van der Waals surface area contributed by atoms with Gasteiger partial charge in [0.2, 0.25) is 5.88 Å². The number of ether oxygens (including phenoxy) is 1. The van der Waals surface area contributed by atoms with Gasteiger partial charge in [-0.3, -0.25) is 4.79 Å². The third kappa shape index (κ3) is 2.60. The van der Waals surface area contributed by atoms with Crippen molar-refractivity contribution in [1.82, 2.24) is 0 Å². The van der Waals surface area contributed by atoms with Crippen LogP contribution in [0.3, 0.4) is 0 Å². The summed E-state index contributed by atoms with van der Waals surface area (Å²) in [4.78, 5) is 12.9. The molecule has 0 amide bonds. The summed E-state index contributed by atoms with van der Waals surface area (Å²) >= 11 is 0. The summed E-state index contributed by atoms with van der Waals surface area (Å²) in [5.41, 5.74) is 9.89. The lowest BCUT2D eigenvalue weighted by molar-refractivity contribution is -0.119. The second-order valence-electron chi connectivity index (χ2n) is 7.56. The van der Waals surface area contributed by atoms with Crippen LogP contribution in [0.5, 0.6) is 0 Å². The molecule has 124 valence electrons. The molecule has 1 aliphatic heterocycles. The largest absolute Gasteiger partial charge is 0.444 e. The summed E-state index contributed by atoms with van der Waals surface area (Å²) in [5.74, 6) is 0.362. The highest BCUT2D eigenvalue weighted by Crippen LogP contribution is 2.48. The second kappa shape index (κ2) is 5.52. The Bertz CT molecular complexity index is 838. The number of benzene rings is 1. The van der Waals surface area contributed by atoms with Gasteiger partial charge in [0.05, 0.1) is 5.92 Å². The molecule has 2 aliphatic rings. The lowest BCUT2D eigenvalue weighted by Gasteiger charge is -2.37. The number of ketones is 1. The van der Waals surface area contributed by atoms with Gasteiger partial charge in [0.25, 0.3) is 0 Å². The maximum atomic E-state index is 12.9. The number of nitrogens with two attached hydrogens (primary N) is 1. The van der Waals surface area contributed by atoms with Crippen molar-refractivity contribution in [1.29, 1.82) is 5.26 Å². The molecule has 0 saturated heterocycles. The molecule has 0 bridgehead atoms. The molecule has 1 unspecified atom stereocenters. The van der Waals surface area contributed by atoms with Gasteiger partial charge >= 0.3 is 0 Å². The number of nitrogens with zero attached hydrogens (tertiary/aromatic N) is 1. The number of nitriles is 1. The first-order chi connectivity index (χ1) is 11.2. The predicted octanol–water partition coefficient (Wildman–Crippen LogP) is 3.75. The van der Waals surface area contributed by atoms with Gasteiger partial charge < -0.3 is 10.5 Å². The molecule has 0 aromatic heterocycles. The topological polar surface area (TPSA) is 76.1 Å². The Hall–Kier alpha value is -2.54. The van der Waals surface area contributed by atoms with E-state index in [2.05, 4.69) is 6.07 Å². The zero-order chi connectivity index (χ0) is 17.6. The molecule has 4 heteroatoms. The number of aryl methyl sites for hydroxylation is 2. The van der Waals surface area contributed by atoms with Gasteiger partial charge in [0, 0.05) is 18.4 Å². The van der Waals surface area contributed by atoms with Gasteiger partial charge in [0.15, 0.2) is 5.78 Å². The fourth-order valence-electron chi connectivity index (χ4n) is 3.67. The molecule has 1 aliphatic carbocycles. The molecular formula is C20H22N2O2. The van der Waals surface area contributed by atoms with E-state index in [4.69, 9.17) is 10.5 Å². The first-order valence-corrected chi connectivity index (χ1v) is 8.14. The Morgan fingerprint density at radius 2 is 2.00 bits per heavy atom. The van der Waals surface area contributed by atoms with Crippen LogP contribution >= 0.6 is 0 Å². The molecule has 0 saturated carbocycles. The van der Waals surface area contributed by atoms with Gasteiger partial charge in [-0.15, -0.1) is 0 Å². The summed E-state index contributed by atoms with van der Waals surface area (Å²) in [6.45, 7) is 8.09. The Morgan fingerprint density at radius 1 is 1.29 bits per heavy atom. The van der Waals surface area contributed by atoms with Crippen molar-refractivity contribution in [3.8, 4) is 6.07 Å². The number of hydrogen-bond acceptors (Lipinski definition) is 4. The summed E-state index contributed by atoms with van der Waals surface area (Å²) in [6.07, 6.45) is 1.10. The molecule has 24 heavy (non-hydrogen) atoms. The SMILES string of the molecule is Cc1ccc(C)c(C2C(C#N)=C(N)OC3=C2C(=O)CC(C)(C)C3)c1. The normalized spacial score (nSPS) is 22.8. The van der Waals surface area contributed by atoms with E-state index in [-0.39, 0.29) is 17.1 Å². The van der Waals surface area contributed by atoms with E-state index in [1.54, 1.807) is 0 Å². The zero-order valence-corrected chi connectivity index (χ0v) is 14.6. The molecule has 1 aromatic carbocycles. The number of rotatable bonds is 1. The molecular weight excluding hydrogens is 300 g/mol. The molecule has 1 aromatic rings. The summed E-state index contributed by atoms with van der Waals surface area (Å²) in [6, 6.07) is 8.24. The van der Waals surface area contributed by atoms with Crippen LogP contribution in [0.25, 0.3) is 0 Å². The lowest BCUT2D eigenvalue weighted by atomic mass is 9.69. The van der Waals surface area contributed by atoms with E-state index in [9.17, 15) is 10.1 Å². The number of carbonyl (C=O) groups is 1. The van der Waals surface area contributed by atoms with Crippen LogP contribution in [0.1, 0.15) is 49.3 Å². The van der Waals surface area contributed by atoms with Crippen molar-refractivity contribution in [2.24, 2.45) is 11.1 Å². The first kappa shape index (κ1) is 16.3. The fraction of sp³-hybridized carbons (Fsp3) is 0.400. The molecule has 0 spiro atoms. The van der Waals surface area contributed by atoms with Crippen LogP contribution in [0.15, 0.2) is 41.0 Å². The van der Waals surface area contributed by atoms with Crippen molar-refractivity contribution >= 4 is 5.78 Å². The third-order valence-electron chi connectivity index (χ3n) is 4.82. The molecule has 2 N–H and O–H groups in total. The van der Waals surface area contributed by atoms with Crippen LogP contribution in [-0.4, -0.2) is 5.78 Å². The van der Waals surface area contributed by atoms with Crippen molar-refractivity contribution in [2.45, 2.75) is 46.5 Å². The van der Waals surface area contributed by atoms with Crippen LogP contribution in [-0.2, 0) is 9.53 Å². The highest BCUT2D eigenvalue weighted by molar-refractivity contribution is 6.00. The second-order valence-corrected chi connectivity index (χ2v) is 7.56. The number of hydrogen-bond donors (Lipinski definition) is 1. The standard InChI is InChI=1S/C20H22N2O2/c1-11-5-6-12(2)13(7-11)17-14(10-21)19(22)24-16-9-20(3,4)8-15(23)18(16)17/h5-7,17H,8-9,22H2,1-4H3. The molecule has 1 heterocycles. The lowest BCUT2D eigenvalue weighted by Crippen LogP contribution is -2.33. The van der Waals surface area contributed by atoms with Gasteiger partial charge in [-0.1, -0.05) is 37.6 Å². The summed E-state index contributed by atoms with van der Waals surface area (Å²) in [5, 5.41) is 9.63. The molecule has 0 fully saturated rings. The quantitative estimate of drug-likeness (QED) is 0.854. The van der Waals surface area contributed by atoms with Crippen molar-refractivity contribution in [2.75, 3.05) is 0 Å². The van der Waals surface area contributed by atoms with Crippen LogP contribution in [0.4, 0.5) is 0 Å². The van der Waals surface area contributed by atoms with E-state index < -0.39 is 5.92 Å². The number of carbonyl (C=O) groups excluding carboxylic acids is 1. The Morgan fingerprint density at radius 3 is 2.67 bits per heavy atom. The van der Waals surface area contributed by atoms with E-state index in [0.29, 0.717) is 29.7 Å². The maximum absolute atomic E-state index is 12.9. The Balaban J connectivity index is 2.24. The average molecular weight is 322 g/mol. The zero-order valence-electron chi connectivity index (χ0n) is 14.6. The Kier molecular flexibility index (Phi) is 3.76. The minimum Gasteiger partial charge on any atom is -0.444 e. The average Bonchev–Trinajstić information content (AvgIpc) is 2.47. The smallest absolute Gasteiger partial charge is 0.205 e. The van der Waals surface area contributed by atoms with Gasteiger partial charge in [-0.05, 0) is 30.4 Å². The Labute approximate surface area is 142 Å². The molecule has 4 nitrogen and oxygen atoms in total. The van der Waals surface area contributed by atoms with E-state index >= 15 is 0 Å². The summed E-state index contributed by atoms with van der Waals surface area (Å²) < 4.78 is 5.72. The van der Waals surface area contributed by atoms with Crippen LogP contribution < -0.4 is 5.73 Å². The van der Waals surface area contributed by atoms with Gasteiger partial charge in [-0.2, -0.15) is 5.26 Å². The monoisotopic (exact) mass is 322 g/mol. The van der Waals surface area contributed by atoms with Gasteiger partial charge in [0.1, 0.15) is 17.4 Å². The van der Waals surface area contributed by atoms with E-state index in [1.165, 1.54) is 0 Å². The molecule has 0 radical (unpaired) electrons. The predicted molar refractivity (Wildman–Crippen MR) is 91.6 cm³/mol. The van der Waals surface area contributed by atoms with Crippen molar-refractivity contribution < 1.29 is 9.53 Å². The number of allylic oxidation sites excluding steroid dienone is 3. The first-order valence-electron chi connectivity index (χ1n) is 8.14. The van der Waals surface area contributed by atoms with Crippen molar-refractivity contribution in [3.05, 3.63) is 57.7 Å². The van der Waals surface area contributed by atoms with Gasteiger partial charge in [-0.25, -0.2) is 0 Å². The van der Waals surface area contributed by atoms with Crippen molar-refractivity contribution in [3.63, 3.8) is 0 Å². The molecule has 3 rings (SSSR count). The minimum atomic E-state index is -0.428. The minimum absolute atomic E-state index is 0.0485. The van der Waals surface area contributed by atoms with E-state index in [1.807, 2.05) is 45.9 Å². The molecule has 1 atom stereocenters. The fourth-order valence-corrected chi connectivity index (χ4v) is 3.67. The number of Topliss-reactive ketones (excluding diaryl/α,β-unsaturated/α-hetero) is 1. The van der Waals surface area contributed by atoms with Crippen LogP contribution in [0.2, 0.25) is 0 Å². The third-order valence-corrected chi connectivity index (χ3v) is 4.82. The maximum Gasteiger partial charge on any atom is 0.205 e.